The van der Waals surface area contributed by atoms with Crippen LogP contribution in [-0.2, 0) is 6.54 Å². The van der Waals surface area contributed by atoms with Crippen LogP contribution < -0.4 is 5.73 Å². The van der Waals surface area contributed by atoms with Gasteiger partial charge in [-0.1, -0.05) is 13.8 Å². The first-order valence-corrected chi connectivity index (χ1v) is 6.47. The van der Waals surface area contributed by atoms with Crippen molar-refractivity contribution in [2.24, 2.45) is 11.7 Å². The van der Waals surface area contributed by atoms with Crippen LogP contribution in [0.15, 0.2) is 16.8 Å². The zero-order valence-electron chi connectivity index (χ0n) is 9.94. The van der Waals surface area contributed by atoms with Crippen molar-refractivity contribution in [1.29, 1.82) is 0 Å². The molecule has 1 heterocycles. The second-order valence-electron chi connectivity index (χ2n) is 4.72. The summed E-state index contributed by atoms with van der Waals surface area (Å²) in [7, 11) is 2.14. The van der Waals surface area contributed by atoms with Crippen molar-refractivity contribution >= 4 is 11.3 Å². The lowest BCUT2D eigenvalue weighted by molar-refractivity contribution is 0.287. The van der Waals surface area contributed by atoms with Gasteiger partial charge in [0.1, 0.15) is 0 Å². The highest BCUT2D eigenvalue weighted by Crippen LogP contribution is 2.09. The molecule has 0 radical (unpaired) electrons. The Morgan fingerprint density at radius 1 is 1.47 bits per heavy atom. The van der Waals surface area contributed by atoms with Gasteiger partial charge in [-0.15, -0.1) is 0 Å². The van der Waals surface area contributed by atoms with Gasteiger partial charge >= 0.3 is 0 Å². The van der Waals surface area contributed by atoms with Gasteiger partial charge in [-0.2, -0.15) is 11.3 Å². The van der Waals surface area contributed by atoms with Crippen LogP contribution in [-0.4, -0.2) is 24.5 Å². The van der Waals surface area contributed by atoms with Crippen LogP contribution in [0.4, 0.5) is 0 Å². The molecular formula is C12H22N2S. The molecule has 1 aromatic heterocycles. The van der Waals surface area contributed by atoms with Crippen molar-refractivity contribution in [3.05, 3.63) is 22.4 Å². The van der Waals surface area contributed by atoms with Crippen LogP contribution >= 0.6 is 11.3 Å². The van der Waals surface area contributed by atoms with E-state index in [1.165, 1.54) is 5.56 Å². The van der Waals surface area contributed by atoms with Gasteiger partial charge in [0.2, 0.25) is 0 Å². The first-order chi connectivity index (χ1) is 7.08. The average molecular weight is 226 g/mol. The predicted molar refractivity (Wildman–Crippen MR) is 68.1 cm³/mol. The van der Waals surface area contributed by atoms with Gasteiger partial charge in [0, 0.05) is 19.1 Å². The topological polar surface area (TPSA) is 29.3 Å². The molecule has 0 aliphatic rings. The van der Waals surface area contributed by atoms with Crippen LogP contribution in [0.1, 0.15) is 25.8 Å². The van der Waals surface area contributed by atoms with E-state index in [0.29, 0.717) is 12.0 Å². The largest absolute Gasteiger partial charge is 0.327 e. The standard InChI is InChI=1S/C12H22N2S/c1-10(2)6-12(13)8-14(3)7-11-4-5-15-9-11/h4-5,9-10,12H,6-8,13H2,1-3H3. The van der Waals surface area contributed by atoms with Gasteiger partial charge in [0.25, 0.3) is 0 Å². The fourth-order valence-electron chi connectivity index (χ4n) is 1.84. The van der Waals surface area contributed by atoms with E-state index in [4.69, 9.17) is 5.73 Å². The summed E-state index contributed by atoms with van der Waals surface area (Å²) in [4.78, 5) is 2.30. The van der Waals surface area contributed by atoms with Crippen LogP contribution in [0.3, 0.4) is 0 Å². The number of thiophene rings is 1. The quantitative estimate of drug-likeness (QED) is 0.808. The van der Waals surface area contributed by atoms with Gasteiger partial charge in [-0.05, 0) is 41.8 Å². The van der Waals surface area contributed by atoms with Crippen molar-refractivity contribution in [1.82, 2.24) is 4.90 Å². The fraction of sp³-hybridized carbons (Fsp3) is 0.667. The zero-order valence-corrected chi connectivity index (χ0v) is 10.8. The highest BCUT2D eigenvalue weighted by atomic mass is 32.1. The highest BCUT2D eigenvalue weighted by molar-refractivity contribution is 7.07. The molecule has 15 heavy (non-hydrogen) atoms. The molecule has 3 heteroatoms. The molecular weight excluding hydrogens is 204 g/mol. The van der Waals surface area contributed by atoms with Crippen molar-refractivity contribution < 1.29 is 0 Å². The zero-order chi connectivity index (χ0) is 11.3. The van der Waals surface area contributed by atoms with E-state index >= 15 is 0 Å². The van der Waals surface area contributed by atoms with E-state index in [2.05, 4.69) is 42.6 Å². The molecule has 0 aliphatic heterocycles. The van der Waals surface area contributed by atoms with Crippen molar-refractivity contribution in [2.75, 3.05) is 13.6 Å². The second kappa shape index (κ2) is 6.26. The Balaban J connectivity index is 2.26. The predicted octanol–water partition coefficient (Wildman–Crippen LogP) is 2.55. The minimum absolute atomic E-state index is 0.300. The van der Waals surface area contributed by atoms with Gasteiger partial charge in [0.05, 0.1) is 0 Å². The van der Waals surface area contributed by atoms with E-state index in [9.17, 15) is 0 Å². The van der Waals surface area contributed by atoms with Gasteiger partial charge in [-0.3, -0.25) is 0 Å². The maximum Gasteiger partial charge on any atom is 0.0239 e. The summed E-state index contributed by atoms with van der Waals surface area (Å²) in [6.07, 6.45) is 1.11. The van der Waals surface area contributed by atoms with Gasteiger partial charge < -0.3 is 10.6 Å². The molecule has 1 aromatic rings. The number of likely N-dealkylation sites (N-methyl/N-ethyl adjacent to an activating group) is 1. The molecule has 86 valence electrons. The smallest absolute Gasteiger partial charge is 0.0239 e. The second-order valence-corrected chi connectivity index (χ2v) is 5.50. The summed E-state index contributed by atoms with van der Waals surface area (Å²) >= 11 is 1.75. The Labute approximate surface area is 97.1 Å². The highest BCUT2D eigenvalue weighted by Gasteiger charge is 2.09. The third-order valence-electron chi connectivity index (χ3n) is 2.35. The maximum absolute atomic E-state index is 6.07. The molecule has 0 aromatic carbocycles. The minimum atomic E-state index is 0.300. The molecule has 1 unspecified atom stereocenters. The molecule has 0 amide bonds. The number of hydrogen-bond acceptors (Lipinski definition) is 3. The van der Waals surface area contributed by atoms with Crippen LogP contribution in [0.25, 0.3) is 0 Å². The summed E-state index contributed by atoms with van der Waals surface area (Å²) in [5.74, 6) is 0.689. The summed E-state index contributed by atoms with van der Waals surface area (Å²) < 4.78 is 0. The molecule has 1 rings (SSSR count). The first-order valence-electron chi connectivity index (χ1n) is 5.53. The lowest BCUT2D eigenvalue weighted by Crippen LogP contribution is -2.35. The fourth-order valence-corrected chi connectivity index (χ4v) is 2.50. The SMILES string of the molecule is CC(C)CC(N)CN(C)Cc1ccsc1. The van der Waals surface area contributed by atoms with Crippen molar-refractivity contribution in [3.63, 3.8) is 0 Å². The summed E-state index contributed by atoms with van der Waals surface area (Å²) in [5.41, 5.74) is 7.45. The monoisotopic (exact) mass is 226 g/mol. The van der Waals surface area contributed by atoms with E-state index in [-0.39, 0.29) is 0 Å². The summed E-state index contributed by atoms with van der Waals surface area (Å²) in [5, 5.41) is 4.32. The number of nitrogens with two attached hydrogens (primary N) is 1. The number of nitrogens with zero attached hydrogens (tertiary/aromatic N) is 1. The number of hydrogen-bond donors (Lipinski definition) is 1. The Bertz CT molecular complexity index is 257. The molecule has 2 nitrogen and oxygen atoms in total. The lowest BCUT2D eigenvalue weighted by atomic mass is 10.0. The first kappa shape index (κ1) is 12.7. The molecule has 0 saturated heterocycles. The molecule has 0 fully saturated rings. The Morgan fingerprint density at radius 2 is 2.20 bits per heavy atom. The van der Waals surface area contributed by atoms with Gasteiger partial charge in [-0.25, -0.2) is 0 Å². The molecule has 2 N–H and O–H groups in total. The van der Waals surface area contributed by atoms with E-state index in [1.807, 2.05) is 0 Å². The Morgan fingerprint density at radius 3 is 2.73 bits per heavy atom. The Kier molecular flexibility index (Phi) is 5.29. The van der Waals surface area contributed by atoms with Crippen molar-refractivity contribution in [3.8, 4) is 0 Å². The van der Waals surface area contributed by atoms with Crippen molar-refractivity contribution in [2.45, 2.75) is 32.9 Å². The Hall–Kier alpha value is -0.380. The van der Waals surface area contributed by atoms with Crippen LogP contribution in [0.2, 0.25) is 0 Å². The summed E-state index contributed by atoms with van der Waals surface area (Å²) in [6.45, 7) is 6.43. The molecule has 0 saturated carbocycles. The third-order valence-corrected chi connectivity index (χ3v) is 3.08. The minimum Gasteiger partial charge on any atom is -0.327 e. The molecule has 0 bridgehead atoms. The molecule has 1 atom stereocenters. The van der Waals surface area contributed by atoms with Gasteiger partial charge in [0.15, 0.2) is 0 Å². The van der Waals surface area contributed by atoms with Crippen LogP contribution in [0.5, 0.6) is 0 Å². The normalized spacial score (nSPS) is 13.7. The third kappa shape index (κ3) is 5.30. The maximum atomic E-state index is 6.07. The average Bonchev–Trinajstić information content (AvgIpc) is 2.53. The number of rotatable bonds is 6. The summed E-state index contributed by atoms with van der Waals surface area (Å²) in [6, 6.07) is 2.48. The van der Waals surface area contributed by atoms with E-state index in [1.54, 1.807) is 11.3 Å². The van der Waals surface area contributed by atoms with E-state index < -0.39 is 0 Å². The molecule has 0 spiro atoms. The molecule has 0 aliphatic carbocycles. The van der Waals surface area contributed by atoms with E-state index in [0.717, 1.165) is 19.5 Å². The lowest BCUT2D eigenvalue weighted by Gasteiger charge is -2.21. The van der Waals surface area contributed by atoms with Crippen LogP contribution in [0, 0.1) is 5.92 Å².